The number of amides is 1. The number of halogens is 1. The van der Waals surface area contributed by atoms with Crippen LogP contribution in [-0.2, 0) is 4.79 Å². The lowest BCUT2D eigenvalue weighted by Crippen LogP contribution is -2.12. The SMILES string of the molecule is N#Cc1ccc(NC(=O)CS)cc1Br. The highest BCUT2D eigenvalue weighted by atomic mass is 79.9. The number of hydrogen-bond acceptors (Lipinski definition) is 3. The summed E-state index contributed by atoms with van der Waals surface area (Å²) in [7, 11) is 0. The predicted molar refractivity (Wildman–Crippen MR) is 61.3 cm³/mol. The monoisotopic (exact) mass is 270 g/mol. The molecule has 0 saturated carbocycles. The van der Waals surface area contributed by atoms with Gasteiger partial charge in [-0.3, -0.25) is 4.79 Å². The summed E-state index contributed by atoms with van der Waals surface area (Å²) in [5.41, 5.74) is 1.18. The van der Waals surface area contributed by atoms with Crippen LogP contribution in [0, 0.1) is 11.3 Å². The van der Waals surface area contributed by atoms with E-state index in [1.165, 1.54) is 0 Å². The summed E-state index contributed by atoms with van der Waals surface area (Å²) in [6, 6.07) is 7.00. The van der Waals surface area contributed by atoms with Crippen LogP contribution in [0.15, 0.2) is 22.7 Å². The second kappa shape index (κ2) is 5.03. The Bertz CT molecular complexity index is 400. The van der Waals surface area contributed by atoms with Crippen molar-refractivity contribution in [2.75, 3.05) is 11.1 Å². The van der Waals surface area contributed by atoms with E-state index in [9.17, 15) is 4.79 Å². The average Bonchev–Trinajstić information content (AvgIpc) is 2.18. The van der Waals surface area contributed by atoms with Crippen LogP contribution in [0.3, 0.4) is 0 Å². The molecule has 0 fully saturated rings. The van der Waals surface area contributed by atoms with Crippen LogP contribution in [0.2, 0.25) is 0 Å². The molecule has 1 rings (SSSR count). The molecule has 0 heterocycles. The minimum atomic E-state index is -0.176. The van der Waals surface area contributed by atoms with E-state index in [4.69, 9.17) is 5.26 Å². The van der Waals surface area contributed by atoms with Gasteiger partial charge >= 0.3 is 0 Å². The first-order valence-electron chi connectivity index (χ1n) is 3.77. The Labute approximate surface area is 95.7 Å². The highest BCUT2D eigenvalue weighted by Gasteiger charge is 2.02. The molecule has 0 aliphatic rings. The minimum absolute atomic E-state index is 0.137. The maximum absolute atomic E-state index is 11.0. The lowest BCUT2D eigenvalue weighted by molar-refractivity contribution is -0.113. The second-order valence-electron chi connectivity index (χ2n) is 2.51. The van der Waals surface area contributed by atoms with Crippen molar-refractivity contribution in [1.29, 1.82) is 5.26 Å². The summed E-state index contributed by atoms with van der Waals surface area (Å²) in [4.78, 5) is 11.0. The van der Waals surface area contributed by atoms with E-state index in [1.807, 2.05) is 6.07 Å². The Morgan fingerprint density at radius 3 is 2.86 bits per heavy atom. The Balaban J connectivity index is 2.88. The molecule has 72 valence electrons. The molecule has 0 unspecified atom stereocenters. The van der Waals surface area contributed by atoms with Gasteiger partial charge in [0.2, 0.25) is 5.91 Å². The van der Waals surface area contributed by atoms with Crippen LogP contribution >= 0.6 is 28.6 Å². The van der Waals surface area contributed by atoms with Gasteiger partial charge in [0.25, 0.3) is 0 Å². The van der Waals surface area contributed by atoms with E-state index in [2.05, 4.69) is 33.9 Å². The molecule has 0 spiro atoms. The van der Waals surface area contributed by atoms with Crippen molar-refractivity contribution >= 4 is 40.2 Å². The zero-order valence-electron chi connectivity index (χ0n) is 7.12. The first-order valence-corrected chi connectivity index (χ1v) is 5.20. The second-order valence-corrected chi connectivity index (χ2v) is 3.68. The molecule has 0 radical (unpaired) electrons. The summed E-state index contributed by atoms with van der Waals surface area (Å²) < 4.78 is 0.664. The normalized spacial score (nSPS) is 9.21. The Morgan fingerprint density at radius 1 is 1.64 bits per heavy atom. The van der Waals surface area contributed by atoms with Crippen LogP contribution in [0.1, 0.15) is 5.56 Å². The van der Waals surface area contributed by atoms with Gasteiger partial charge in [0, 0.05) is 10.2 Å². The van der Waals surface area contributed by atoms with Gasteiger partial charge in [0.15, 0.2) is 0 Å². The van der Waals surface area contributed by atoms with Crippen molar-refractivity contribution in [3.8, 4) is 6.07 Å². The van der Waals surface area contributed by atoms with Gasteiger partial charge < -0.3 is 5.32 Å². The number of nitrogens with one attached hydrogen (secondary N) is 1. The van der Waals surface area contributed by atoms with Crippen LogP contribution in [0.4, 0.5) is 5.69 Å². The van der Waals surface area contributed by atoms with Crippen LogP contribution < -0.4 is 5.32 Å². The van der Waals surface area contributed by atoms with Crippen LogP contribution in [0.25, 0.3) is 0 Å². The predicted octanol–water partition coefficient (Wildman–Crippen LogP) is 2.19. The average molecular weight is 271 g/mol. The molecule has 1 aromatic rings. The standard InChI is InChI=1S/C9H7BrN2OS/c10-8-3-7(12-9(13)5-14)2-1-6(8)4-11/h1-3,14H,5H2,(H,12,13). The van der Waals surface area contributed by atoms with Crippen molar-refractivity contribution in [3.05, 3.63) is 28.2 Å². The molecular weight excluding hydrogens is 264 g/mol. The third kappa shape index (κ3) is 2.76. The number of benzene rings is 1. The summed E-state index contributed by atoms with van der Waals surface area (Å²) in [5, 5.41) is 11.3. The van der Waals surface area contributed by atoms with Crippen LogP contribution in [0.5, 0.6) is 0 Å². The van der Waals surface area contributed by atoms with Crippen molar-refractivity contribution in [3.63, 3.8) is 0 Å². The number of anilines is 1. The Kier molecular flexibility index (Phi) is 3.98. The van der Waals surface area contributed by atoms with Crippen molar-refractivity contribution in [2.45, 2.75) is 0 Å². The Morgan fingerprint density at radius 2 is 2.36 bits per heavy atom. The summed E-state index contributed by atoms with van der Waals surface area (Å²) >= 11 is 7.06. The number of rotatable bonds is 2. The summed E-state index contributed by atoms with van der Waals surface area (Å²) in [6.45, 7) is 0. The highest BCUT2D eigenvalue weighted by molar-refractivity contribution is 9.10. The molecule has 0 bridgehead atoms. The molecule has 0 saturated heterocycles. The molecule has 0 atom stereocenters. The van der Waals surface area contributed by atoms with Crippen molar-refractivity contribution in [1.82, 2.24) is 0 Å². The molecule has 3 nitrogen and oxygen atoms in total. The molecule has 14 heavy (non-hydrogen) atoms. The number of nitrogens with zero attached hydrogens (tertiary/aromatic N) is 1. The highest BCUT2D eigenvalue weighted by Crippen LogP contribution is 2.20. The van der Waals surface area contributed by atoms with Crippen LogP contribution in [-0.4, -0.2) is 11.7 Å². The lowest BCUT2D eigenvalue weighted by atomic mass is 10.2. The summed E-state index contributed by atoms with van der Waals surface area (Å²) in [5.74, 6) is -0.0395. The quantitative estimate of drug-likeness (QED) is 0.810. The maximum atomic E-state index is 11.0. The van der Waals surface area contributed by atoms with E-state index < -0.39 is 0 Å². The molecule has 0 aromatic heterocycles. The fourth-order valence-electron chi connectivity index (χ4n) is 0.884. The molecule has 1 aromatic carbocycles. The van der Waals surface area contributed by atoms with Gasteiger partial charge in [-0.05, 0) is 34.1 Å². The van der Waals surface area contributed by atoms with Gasteiger partial charge in [0.1, 0.15) is 6.07 Å². The zero-order valence-corrected chi connectivity index (χ0v) is 9.60. The van der Waals surface area contributed by atoms with Gasteiger partial charge in [-0.2, -0.15) is 17.9 Å². The van der Waals surface area contributed by atoms with Crippen molar-refractivity contribution < 1.29 is 4.79 Å². The van der Waals surface area contributed by atoms with E-state index in [-0.39, 0.29) is 11.7 Å². The van der Waals surface area contributed by atoms with E-state index in [0.29, 0.717) is 15.7 Å². The van der Waals surface area contributed by atoms with E-state index in [0.717, 1.165) is 0 Å². The van der Waals surface area contributed by atoms with Gasteiger partial charge in [0.05, 0.1) is 11.3 Å². The van der Waals surface area contributed by atoms with E-state index >= 15 is 0 Å². The van der Waals surface area contributed by atoms with Gasteiger partial charge in [-0.1, -0.05) is 0 Å². The molecule has 1 N–H and O–H groups in total. The van der Waals surface area contributed by atoms with Gasteiger partial charge in [-0.15, -0.1) is 0 Å². The molecule has 0 aliphatic carbocycles. The molecular formula is C9H7BrN2OS. The number of carbonyl (C=O) groups is 1. The first kappa shape index (κ1) is 11.1. The smallest absolute Gasteiger partial charge is 0.234 e. The van der Waals surface area contributed by atoms with E-state index in [1.54, 1.807) is 18.2 Å². The maximum Gasteiger partial charge on any atom is 0.234 e. The molecule has 1 amide bonds. The largest absolute Gasteiger partial charge is 0.325 e. The topological polar surface area (TPSA) is 52.9 Å². The number of thiol groups is 1. The number of carbonyl (C=O) groups excluding carboxylic acids is 1. The third-order valence-corrected chi connectivity index (χ3v) is 2.46. The van der Waals surface area contributed by atoms with Gasteiger partial charge in [-0.25, -0.2) is 0 Å². The lowest BCUT2D eigenvalue weighted by Gasteiger charge is -2.03. The molecule has 5 heteroatoms. The third-order valence-electron chi connectivity index (χ3n) is 1.52. The minimum Gasteiger partial charge on any atom is -0.325 e. The number of nitriles is 1. The summed E-state index contributed by atoms with van der Waals surface area (Å²) in [6.07, 6.45) is 0. The Hall–Kier alpha value is -0.990. The van der Waals surface area contributed by atoms with Crippen molar-refractivity contribution in [2.24, 2.45) is 0 Å². The first-order chi connectivity index (χ1) is 6.67. The fraction of sp³-hybridized carbons (Fsp3) is 0.111. The molecule has 0 aliphatic heterocycles. The zero-order chi connectivity index (χ0) is 10.6. The number of hydrogen-bond donors (Lipinski definition) is 2. The fourth-order valence-corrected chi connectivity index (χ4v) is 1.43.